The summed E-state index contributed by atoms with van der Waals surface area (Å²) >= 11 is 0. The first-order valence-corrected chi connectivity index (χ1v) is 19.2. The monoisotopic (exact) mass is 717 g/mol. The number of aromatic nitrogens is 2. The van der Waals surface area contributed by atoms with Crippen molar-refractivity contribution in [2.24, 2.45) is 4.99 Å². The van der Waals surface area contributed by atoms with Crippen LogP contribution in [0.15, 0.2) is 205 Å². The van der Waals surface area contributed by atoms with Crippen LogP contribution in [-0.2, 0) is 0 Å². The lowest BCUT2D eigenvalue weighted by molar-refractivity contribution is 1.14. The van der Waals surface area contributed by atoms with Gasteiger partial charge in [-0.3, -0.25) is 9.13 Å². The maximum Gasteiger partial charge on any atom is 0.135 e. The lowest BCUT2D eigenvalue weighted by atomic mass is 10.0. The fourth-order valence-corrected chi connectivity index (χ4v) is 8.34. The molecule has 3 nitrogen and oxygen atoms in total. The highest BCUT2D eigenvalue weighted by Crippen LogP contribution is 2.39. The van der Waals surface area contributed by atoms with Gasteiger partial charge in [-0.05, 0) is 113 Å². The van der Waals surface area contributed by atoms with Crippen LogP contribution in [0.5, 0.6) is 0 Å². The quantitative estimate of drug-likeness (QED) is 0.121. The normalized spacial score (nSPS) is 12.3. The van der Waals surface area contributed by atoms with E-state index in [1.54, 1.807) is 0 Å². The molecule has 0 spiro atoms. The topological polar surface area (TPSA) is 22.2 Å². The Morgan fingerprint density at radius 1 is 0.357 bits per heavy atom. The van der Waals surface area contributed by atoms with E-state index in [9.17, 15) is 0 Å². The van der Waals surface area contributed by atoms with Crippen LogP contribution in [0.2, 0.25) is 0 Å². The summed E-state index contributed by atoms with van der Waals surface area (Å²) in [6, 6.07) is 69.8. The Kier molecular flexibility index (Phi) is 8.26. The van der Waals surface area contributed by atoms with Crippen LogP contribution >= 0.6 is 0 Å². The van der Waals surface area contributed by atoms with Crippen molar-refractivity contribution >= 4 is 55.3 Å². The van der Waals surface area contributed by atoms with E-state index in [-0.39, 0.29) is 0 Å². The van der Waals surface area contributed by atoms with Crippen LogP contribution in [0.1, 0.15) is 13.8 Å². The predicted octanol–water partition coefficient (Wildman–Crippen LogP) is 14.4. The van der Waals surface area contributed by atoms with Crippen molar-refractivity contribution in [3.63, 3.8) is 0 Å². The van der Waals surface area contributed by atoms with Gasteiger partial charge in [-0.25, -0.2) is 4.99 Å². The number of hydrogen-bond acceptors (Lipinski definition) is 1. The minimum absolute atomic E-state index is 0.874. The molecular weight excluding hydrogens is 679 g/mol. The molecule has 0 aliphatic heterocycles. The predicted molar refractivity (Wildman–Crippen MR) is 239 cm³/mol. The average Bonchev–Trinajstić information content (AvgIpc) is 3.78. The number of nitrogens with zero attached hydrogens (tertiary/aromatic N) is 3. The molecule has 10 rings (SSSR count). The van der Waals surface area contributed by atoms with E-state index in [0.717, 1.165) is 33.7 Å². The smallest absolute Gasteiger partial charge is 0.135 e. The molecule has 0 saturated carbocycles. The molecule has 2 heterocycles. The maximum absolute atomic E-state index is 5.51. The van der Waals surface area contributed by atoms with Crippen molar-refractivity contribution < 1.29 is 0 Å². The molecular formula is C53H39N3. The molecule has 0 amide bonds. The van der Waals surface area contributed by atoms with Crippen LogP contribution in [0.3, 0.4) is 0 Å². The van der Waals surface area contributed by atoms with Gasteiger partial charge in [-0.2, -0.15) is 0 Å². The van der Waals surface area contributed by atoms with E-state index in [4.69, 9.17) is 4.99 Å². The first-order chi connectivity index (χ1) is 27.6. The number of benzene rings is 8. The molecule has 3 heteroatoms. The van der Waals surface area contributed by atoms with Gasteiger partial charge >= 0.3 is 0 Å². The Bertz CT molecular complexity index is 2920. The van der Waals surface area contributed by atoms with Gasteiger partial charge in [0.25, 0.3) is 0 Å². The summed E-state index contributed by atoms with van der Waals surface area (Å²) in [6.07, 6.45) is 2.13. The van der Waals surface area contributed by atoms with Crippen molar-refractivity contribution in [2.45, 2.75) is 13.8 Å². The van der Waals surface area contributed by atoms with Gasteiger partial charge in [0.15, 0.2) is 0 Å². The van der Waals surface area contributed by atoms with E-state index in [0.29, 0.717) is 0 Å². The summed E-state index contributed by atoms with van der Waals surface area (Å²) in [4.78, 5) is 5.51. The third kappa shape index (κ3) is 5.73. The van der Waals surface area contributed by atoms with Gasteiger partial charge in [-0.1, -0.05) is 146 Å². The fourth-order valence-electron chi connectivity index (χ4n) is 8.34. The number of allylic oxidation sites excluding steroid dienone is 1. The summed E-state index contributed by atoms with van der Waals surface area (Å²) in [5.41, 5.74) is 14.1. The maximum atomic E-state index is 5.51. The van der Waals surface area contributed by atoms with Crippen molar-refractivity contribution in [1.29, 1.82) is 0 Å². The minimum atomic E-state index is 0.874. The van der Waals surface area contributed by atoms with Crippen LogP contribution in [0, 0.1) is 0 Å². The summed E-state index contributed by atoms with van der Waals surface area (Å²) in [6.45, 7) is 4.22. The van der Waals surface area contributed by atoms with Gasteiger partial charge in [0, 0.05) is 21.5 Å². The molecule has 2 aromatic heterocycles. The lowest BCUT2D eigenvalue weighted by Crippen LogP contribution is -2.09. The molecule has 0 bridgehead atoms. The van der Waals surface area contributed by atoms with E-state index in [1.807, 2.05) is 0 Å². The van der Waals surface area contributed by atoms with Crippen LogP contribution < -0.4 is 0 Å². The lowest BCUT2D eigenvalue weighted by Gasteiger charge is -2.13. The third-order valence-electron chi connectivity index (χ3n) is 11.0. The summed E-state index contributed by atoms with van der Waals surface area (Å²) in [5, 5.41) is 4.80. The molecule has 10 aromatic rings. The Balaban J connectivity index is 1.17. The zero-order chi connectivity index (χ0) is 37.6. The Morgan fingerprint density at radius 3 is 0.929 bits per heavy atom. The molecule has 0 radical (unpaired) electrons. The van der Waals surface area contributed by atoms with Crippen LogP contribution in [0.25, 0.3) is 93.9 Å². The van der Waals surface area contributed by atoms with Crippen molar-refractivity contribution in [3.8, 4) is 44.5 Å². The van der Waals surface area contributed by atoms with E-state index in [2.05, 4.69) is 223 Å². The van der Waals surface area contributed by atoms with Crippen LogP contribution in [0.4, 0.5) is 0 Å². The molecule has 0 atom stereocenters. The van der Waals surface area contributed by atoms with E-state index in [1.165, 1.54) is 66.1 Å². The molecule has 266 valence electrons. The Labute approximate surface area is 326 Å². The van der Waals surface area contributed by atoms with Crippen molar-refractivity contribution in [1.82, 2.24) is 9.13 Å². The molecule has 56 heavy (non-hydrogen) atoms. The summed E-state index contributed by atoms with van der Waals surface area (Å²) < 4.78 is 4.65. The molecule has 0 saturated heterocycles. The van der Waals surface area contributed by atoms with Crippen molar-refractivity contribution in [2.75, 3.05) is 0 Å². The van der Waals surface area contributed by atoms with Gasteiger partial charge < -0.3 is 0 Å². The molecule has 0 N–H and O–H groups in total. The van der Waals surface area contributed by atoms with Gasteiger partial charge in [-0.15, -0.1) is 0 Å². The third-order valence-corrected chi connectivity index (χ3v) is 11.0. The fraction of sp³-hybridized carbons (Fsp3) is 0.0377. The Hall–Kier alpha value is -7.23. The molecule has 0 aliphatic carbocycles. The first-order valence-electron chi connectivity index (χ1n) is 19.2. The second-order valence-corrected chi connectivity index (χ2v) is 14.4. The molecule has 0 unspecified atom stereocenters. The number of fused-ring (bicyclic) bond motifs is 6. The minimum Gasteiger partial charge on any atom is -0.297 e. The zero-order valence-electron chi connectivity index (χ0n) is 31.4. The summed E-state index contributed by atoms with van der Waals surface area (Å²) in [5.74, 6) is 1.77. The second kappa shape index (κ2) is 13.9. The highest BCUT2D eigenvalue weighted by Gasteiger charge is 2.19. The highest BCUT2D eigenvalue weighted by molar-refractivity contribution is 6.17. The Morgan fingerprint density at radius 2 is 0.643 bits per heavy atom. The summed E-state index contributed by atoms with van der Waals surface area (Å²) in [7, 11) is 0. The van der Waals surface area contributed by atoms with Gasteiger partial charge in [0.1, 0.15) is 11.7 Å². The van der Waals surface area contributed by atoms with Gasteiger partial charge in [0.2, 0.25) is 0 Å². The molecule has 8 aromatic carbocycles. The largest absolute Gasteiger partial charge is 0.297 e. The number of hydrogen-bond donors (Lipinski definition) is 0. The SMILES string of the molecule is C/C=C(\N=C(/C)n1c2ccc(-c3ccccc3)cc2c2cc(-c3ccccc3)ccc21)n1c2ccc(-c3ccccc3)cc2c2cc(-c3ccccc3)ccc21. The number of rotatable bonds is 6. The zero-order valence-corrected chi connectivity index (χ0v) is 31.4. The second-order valence-electron chi connectivity index (χ2n) is 14.4. The van der Waals surface area contributed by atoms with Crippen LogP contribution in [-0.4, -0.2) is 15.0 Å². The molecule has 0 aliphatic rings. The van der Waals surface area contributed by atoms with Gasteiger partial charge in [0.05, 0.1) is 22.1 Å². The standard InChI is InChI=1S/C53H39N3/c1-3-53(56-51-30-26-43(39-20-12-6-13-21-39)34-47(51)48-35-44(27-31-52(48)56)40-22-14-7-15-23-40)54-36(2)55-49-28-24-41(37-16-8-4-9-17-37)32-45(49)46-33-42(25-29-50(46)55)38-18-10-5-11-19-38/h3-35H,1-2H3/b53-3+,54-36+. The van der Waals surface area contributed by atoms with E-state index < -0.39 is 0 Å². The molecule has 0 fully saturated rings. The highest BCUT2D eigenvalue weighted by atomic mass is 15.2. The average molecular weight is 718 g/mol. The number of aliphatic imine (C=N–C) groups is 1. The first kappa shape index (κ1) is 33.3. The van der Waals surface area contributed by atoms with Crippen molar-refractivity contribution in [3.05, 3.63) is 200 Å². The van der Waals surface area contributed by atoms with E-state index >= 15 is 0 Å².